The first kappa shape index (κ1) is 13.1. The minimum atomic E-state index is -0.728. The van der Waals surface area contributed by atoms with Crippen molar-refractivity contribution in [2.45, 2.75) is 6.10 Å². The summed E-state index contributed by atoms with van der Waals surface area (Å²) in [6.45, 7) is 1.15. The Morgan fingerprint density at radius 2 is 2.39 bits per heavy atom. The zero-order valence-corrected chi connectivity index (χ0v) is 10.4. The Kier molecular flexibility index (Phi) is 4.04. The number of carbonyl (C=O) groups excluding carboxylic acids is 1. The van der Waals surface area contributed by atoms with Crippen LogP contribution >= 0.6 is 11.6 Å². The molecule has 1 aliphatic heterocycles. The zero-order chi connectivity index (χ0) is 13.1. The van der Waals surface area contributed by atoms with Crippen molar-refractivity contribution in [3.8, 4) is 5.75 Å². The average Bonchev–Trinajstić information content (AvgIpc) is 2.38. The minimum Gasteiger partial charge on any atom is -0.508 e. The monoisotopic (exact) mass is 273 g/mol. The number of aromatic hydroxyl groups is 1. The van der Waals surface area contributed by atoms with E-state index in [2.05, 4.69) is 0 Å². The highest BCUT2D eigenvalue weighted by Gasteiger charge is 2.26. The Morgan fingerprint density at radius 1 is 1.61 bits per heavy atom. The van der Waals surface area contributed by atoms with Gasteiger partial charge in [-0.05, 0) is 12.1 Å². The molecule has 0 aromatic heterocycles. The number of phenols is 1. The summed E-state index contributed by atoms with van der Waals surface area (Å²) in [5.41, 5.74) is -0.0528. The van der Waals surface area contributed by atoms with E-state index in [1.807, 2.05) is 0 Å². The highest BCUT2D eigenvalue weighted by Crippen LogP contribution is 2.18. The van der Waals surface area contributed by atoms with Gasteiger partial charge in [-0.15, -0.1) is 11.6 Å². The van der Waals surface area contributed by atoms with E-state index in [0.717, 1.165) is 6.07 Å². The number of ether oxygens (including phenoxy) is 1. The van der Waals surface area contributed by atoms with Gasteiger partial charge in [0.1, 0.15) is 11.6 Å². The smallest absolute Gasteiger partial charge is 0.257 e. The minimum absolute atomic E-state index is 0.0528. The van der Waals surface area contributed by atoms with Crippen molar-refractivity contribution in [1.82, 2.24) is 4.90 Å². The predicted octanol–water partition coefficient (Wildman–Crippen LogP) is 1.61. The van der Waals surface area contributed by atoms with Gasteiger partial charge in [0, 0.05) is 19.2 Å². The van der Waals surface area contributed by atoms with E-state index in [0.29, 0.717) is 25.6 Å². The van der Waals surface area contributed by atoms with Crippen LogP contribution in [0.2, 0.25) is 0 Å². The number of benzene rings is 1. The summed E-state index contributed by atoms with van der Waals surface area (Å²) in [6.07, 6.45) is -0.218. The van der Waals surface area contributed by atoms with Crippen molar-refractivity contribution in [3.63, 3.8) is 0 Å². The third-order valence-corrected chi connectivity index (χ3v) is 3.13. The van der Waals surface area contributed by atoms with Gasteiger partial charge < -0.3 is 14.7 Å². The molecule has 98 valence electrons. The largest absolute Gasteiger partial charge is 0.508 e. The van der Waals surface area contributed by atoms with Gasteiger partial charge in [-0.3, -0.25) is 4.79 Å². The fourth-order valence-corrected chi connectivity index (χ4v) is 2.03. The molecule has 0 bridgehead atoms. The first-order chi connectivity index (χ1) is 8.61. The van der Waals surface area contributed by atoms with Crippen LogP contribution in [0.4, 0.5) is 4.39 Å². The topological polar surface area (TPSA) is 49.8 Å². The molecule has 4 nitrogen and oxygen atoms in total. The summed E-state index contributed by atoms with van der Waals surface area (Å²) in [6, 6.07) is 3.49. The Balaban J connectivity index is 2.15. The maximum atomic E-state index is 13.6. The summed E-state index contributed by atoms with van der Waals surface area (Å²) in [5.74, 6) is -1.05. The van der Waals surface area contributed by atoms with Gasteiger partial charge in [0.2, 0.25) is 0 Å². The van der Waals surface area contributed by atoms with Crippen molar-refractivity contribution in [2.75, 3.05) is 25.6 Å². The van der Waals surface area contributed by atoms with Crippen LogP contribution in [-0.2, 0) is 4.74 Å². The maximum Gasteiger partial charge on any atom is 0.257 e. The van der Waals surface area contributed by atoms with Gasteiger partial charge in [-0.1, -0.05) is 0 Å². The summed E-state index contributed by atoms with van der Waals surface area (Å²) in [7, 11) is 0. The molecule has 2 rings (SSSR count). The number of hydrogen-bond donors (Lipinski definition) is 1. The lowest BCUT2D eigenvalue weighted by Crippen LogP contribution is -2.46. The molecule has 1 saturated heterocycles. The van der Waals surface area contributed by atoms with E-state index in [4.69, 9.17) is 21.4 Å². The second-order valence-corrected chi connectivity index (χ2v) is 4.37. The van der Waals surface area contributed by atoms with Crippen molar-refractivity contribution in [3.05, 3.63) is 29.6 Å². The second-order valence-electron chi connectivity index (χ2n) is 4.06. The fraction of sp³-hybridized carbons (Fsp3) is 0.417. The SMILES string of the molecule is O=C(c1ccc(O)cc1F)N1CCOC(CCl)C1. The predicted molar refractivity (Wildman–Crippen MR) is 64.4 cm³/mol. The van der Waals surface area contributed by atoms with Crippen molar-refractivity contribution in [1.29, 1.82) is 0 Å². The third kappa shape index (κ3) is 2.73. The highest BCUT2D eigenvalue weighted by atomic mass is 35.5. The first-order valence-corrected chi connectivity index (χ1v) is 6.10. The molecule has 6 heteroatoms. The zero-order valence-electron chi connectivity index (χ0n) is 9.60. The Labute approximate surface area is 109 Å². The quantitative estimate of drug-likeness (QED) is 0.833. The average molecular weight is 274 g/mol. The first-order valence-electron chi connectivity index (χ1n) is 5.57. The molecule has 0 radical (unpaired) electrons. The van der Waals surface area contributed by atoms with Crippen LogP contribution in [0.15, 0.2) is 18.2 Å². The summed E-state index contributed by atoms with van der Waals surface area (Å²) >= 11 is 5.68. The van der Waals surface area contributed by atoms with Crippen molar-refractivity contribution < 1.29 is 19.0 Å². The molecule has 1 aliphatic rings. The molecule has 1 fully saturated rings. The van der Waals surface area contributed by atoms with Gasteiger partial charge in [-0.25, -0.2) is 4.39 Å². The molecular weight excluding hydrogens is 261 g/mol. The second kappa shape index (κ2) is 5.54. The van der Waals surface area contributed by atoms with Gasteiger partial charge >= 0.3 is 0 Å². The van der Waals surface area contributed by atoms with Crippen molar-refractivity contribution >= 4 is 17.5 Å². The summed E-state index contributed by atoms with van der Waals surface area (Å²) < 4.78 is 18.9. The molecule has 1 N–H and O–H groups in total. The van der Waals surface area contributed by atoms with Crippen LogP contribution in [0.1, 0.15) is 10.4 Å². The van der Waals surface area contributed by atoms with Crippen LogP contribution in [0.3, 0.4) is 0 Å². The Hall–Kier alpha value is -1.33. The molecule has 1 aromatic carbocycles. The van der Waals surface area contributed by atoms with Gasteiger partial charge in [0.05, 0.1) is 24.2 Å². The fourth-order valence-electron chi connectivity index (χ4n) is 1.84. The van der Waals surface area contributed by atoms with E-state index in [1.165, 1.54) is 17.0 Å². The molecule has 1 amide bonds. The van der Waals surface area contributed by atoms with Crippen LogP contribution in [0, 0.1) is 5.82 Å². The number of carbonyl (C=O) groups is 1. The Morgan fingerprint density at radius 3 is 3.06 bits per heavy atom. The standard InChI is InChI=1S/C12H13ClFNO3/c13-6-9-7-15(3-4-18-9)12(17)10-2-1-8(16)5-11(10)14/h1-2,5,9,16H,3-4,6-7H2. The number of amides is 1. The maximum absolute atomic E-state index is 13.6. The Bertz CT molecular complexity index is 455. The molecule has 18 heavy (non-hydrogen) atoms. The van der Waals surface area contributed by atoms with Gasteiger partial charge in [-0.2, -0.15) is 0 Å². The van der Waals surface area contributed by atoms with Gasteiger partial charge in [0.25, 0.3) is 5.91 Å². The van der Waals surface area contributed by atoms with E-state index in [-0.39, 0.29) is 17.4 Å². The van der Waals surface area contributed by atoms with E-state index in [9.17, 15) is 9.18 Å². The molecule has 0 spiro atoms. The molecule has 1 aromatic rings. The van der Waals surface area contributed by atoms with E-state index in [1.54, 1.807) is 0 Å². The third-order valence-electron chi connectivity index (χ3n) is 2.78. The van der Waals surface area contributed by atoms with Gasteiger partial charge in [0.15, 0.2) is 0 Å². The van der Waals surface area contributed by atoms with Crippen LogP contribution in [-0.4, -0.2) is 47.6 Å². The number of phenolic OH excluding ortho intramolecular Hbond substituents is 1. The number of halogens is 2. The summed E-state index contributed by atoms with van der Waals surface area (Å²) in [5, 5.41) is 9.11. The lowest BCUT2D eigenvalue weighted by molar-refractivity contribution is -0.0109. The number of hydrogen-bond acceptors (Lipinski definition) is 3. The molecule has 0 aliphatic carbocycles. The number of morpholine rings is 1. The molecular formula is C12H13ClFNO3. The molecule has 1 unspecified atom stereocenters. The number of nitrogens with zero attached hydrogens (tertiary/aromatic N) is 1. The lowest BCUT2D eigenvalue weighted by atomic mass is 10.1. The highest BCUT2D eigenvalue weighted by molar-refractivity contribution is 6.18. The molecule has 0 saturated carbocycles. The summed E-state index contributed by atoms with van der Waals surface area (Å²) in [4.78, 5) is 13.6. The van der Waals surface area contributed by atoms with Crippen LogP contribution in [0.5, 0.6) is 5.75 Å². The number of alkyl halides is 1. The van der Waals surface area contributed by atoms with Crippen molar-refractivity contribution in [2.24, 2.45) is 0 Å². The van der Waals surface area contributed by atoms with Crippen LogP contribution in [0.25, 0.3) is 0 Å². The van der Waals surface area contributed by atoms with Crippen LogP contribution < -0.4 is 0 Å². The number of rotatable bonds is 2. The van der Waals surface area contributed by atoms with E-state index >= 15 is 0 Å². The van der Waals surface area contributed by atoms with E-state index < -0.39 is 11.7 Å². The lowest BCUT2D eigenvalue weighted by Gasteiger charge is -2.32. The normalized spacial score (nSPS) is 19.9. The molecule has 1 heterocycles. The molecule has 1 atom stereocenters.